The molecule has 126 valence electrons. The number of ether oxygens (including phenoxy) is 1. The molecule has 2 bridgehead atoms. The van der Waals surface area contributed by atoms with Crippen LogP contribution in [0.2, 0.25) is 0 Å². The zero-order valence-electron chi connectivity index (χ0n) is 12.5. The molecule has 23 heavy (non-hydrogen) atoms. The first kappa shape index (κ1) is 16.1. The molecule has 2 unspecified atom stereocenters. The minimum absolute atomic E-state index is 0.194. The average Bonchev–Trinajstić information content (AvgIpc) is 2.81. The van der Waals surface area contributed by atoms with Gasteiger partial charge in [-0.25, -0.2) is 0 Å². The van der Waals surface area contributed by atoms with Gasteiger partial charge in [0.2, 0.25) is 5.91 Å². The molecule has 5 nitrogen and oxygen atoms in total. The van der Waals surface area contributed by atoms with Gasteiger partial charge in [0.15, 0.2) is 0 Å². The summed E-state index contributed by atoms with van der Waals surface area (Å²) >= 11 is 0. The van der Waals surface area contributed by atoms with Crippen molar-refractivity contribution in [3.8, 4) is 5.75 Å². The van der Waals surface area contributed by atoms with Crippen molar-refractivity contribution in [1.82, 2.24) is 9.80 Å². The standard InChI is InChI=1S/C15H18F3N3O2/c16-15(17,18)23-12-4-1-3-11(9-12)19-14(22)13-10-20-5-2-6-21(13)8-7-20/h1,3-4,9,13H,2,5-8,10H2,(H,19,22)/t13-/m0/s1. The molecule has 1 aromatic rings. The molecule has 1 amide bonds. The number of benzene rings is 1. The van der Waals surface area contributed by atoms with Crippen molar-refractivity contribution in [2.45, 2.75) is 18.8 Å². The van der Waals surface area contributed by atoms with Crippen LogP contribution in [0.5, 0.6) is 5.75 Å². The number of amides is 1. The molecule has 4 rings (SSSR count). The monoisotopic (exact) mass is 329 g/mol. The van der Waals surface area contributed by atoms with Gasteiger partial charge in [-0.15, -0.1) is 13.2 Å². The Hall–Kier alpha value is -1.80. The van der Waals surface area contributed by atoms with E-state index in [4.69, 9.17) is 0 Å². The topological polar surface area (TPSA) is 44.8 Å². The van der Waals surface area contributed by atoms with Crippen LogP contribution in [-0.2, 0) is 4.79 Å². The Bertz CT molecular complexity index is 575. The molecule has 3 aliphatic rings. The maximum absolute atomic E-state index is 12.5. The van der Waals surface area contributed by atoms with Gasteiger partial charge in [0.05, 0.1) is 0 Å². The van der Waals surface area contributed by atoms with Crippen LogP contribution in [0, 0.1) is 0 Å². The van der Waals surface area contributed by atoms with E-state index < -0.39 is 6.36 Å². The molecule has 0 aromatic heterocycles. The van der Waals surface area contributed by atoms with Gasteiger partial charge in [0, 0.05) is 37.9 Å². The number of hydrogen-bond acceptors (Lipinski definition) is 4. The van der Waals surface area contributed by atoms with E-state index in [-0.39, 0.29) is 17.7 Å². The highest BCUT2D eigenvalue weighted by Gasteiger charge is 2.34. The third kappa shape index (κ3) is 4.14. The minimum atomic E-state index is -4.75. The van der Waals surface area contributed by atoms with E-state index in [2.05, 4.69) is 19.9 Å². The van der Waals surface area contributed by atoms with Gasteiger partial charge in [-0.1, -0.05) is 6.07 Å². The Morgan fingerprint density at radius 3 is 2.83 bits per heavy atom. The average molecular weight is 329 g/mol. The zero-order chi connectivity index (χ0) is 16.4. The zero-order valence-corrected chi connectivity index (χ0v) is 12.5. The number of piperazine rings is 1. The van der Waals surface area contributed by atoms with Crippen LogP contribution in [0.4, 0.5) is 18.9 Å². The van der Waals surface area contributed by atoms with E-state index in [0.717, 1.165) is 32.6 Å². The van der Waals surface area contributed by atoms with Gasteiger partial charge in [-0.3, -0.25) is 14.6 Å². The lowest BCUT2D eigenvalue weighted by atomic mass is 10.1. The second-order valence-electron chi connectivity index (χ2n) is 5.77. The van der Waals surface area contributed by atoms with Crippen molar-refractivity contribution in [2.75, 3.05) is 38.0 Å². The number of hydrogen-bond donors (Lipinski definition) is 1. The Balaban J connectivity index is 1.67. The molecule has 3 saturated heterocycles. The van der Waals surface area contributed by atoms with Gasteiger partial charge < -0.3 is 10.1 Å². The molecule has 3 fully saturated rings. The smallest absolute Gasteiger partial charge is 0.406 e. The summed E-state index contributed by atoms with van der Waals surface area (Å²) in [6.45, 7) is 4.31. The lowest BCUT2D eigenvalue weighted by Gasteiger charge is -2.36. The first-order chi connectivity index (χ1) is 10.9. The highest BCUT2D eigenvalue weighted by Crippen LogP contribution is 2.25. The highest BCUT2D eigenvalue weighted by molar-refractivity contribution is 5.95. The molecule has 8 heteroatoms. The second-order valence-corrected chi connectivity index (χ2v) is 5.77. The highest BCUT2D eigenvalue weighted by atomic mass is 19.4. The molecular weight excluding hydrogens is 311 g/mol. The van der Waals surface area contributed by atoms with E-state index in [1.54, 1.807) is 6.07 Å². The van der Waals surface area contributed by atoms with Crippen molar-refractivity contribution in [2.24, 2.45) is 0 Å². The molecule has 0 aliphatic carbocycles. The number of fused-ring (bicyclic) bond motifs is 4. The summed E-state index contributed by atoms with van der Waals surface area (Å²) in [5, 5.41) is 2.70. The fourth-order valence-electron chi connectivity index (χ4n) is 3.09. The lowest BCUT2D eigenvalue weighted by molar-refractivity contribution is -0.274. The molecule has 0 radical (unpaired) electrons. The molecular formula is C15H18F3N3O2. The summed E-state index contributed by atoms with van der Waals surface area (Å²) in [7, 11) is 0. The Morgan fingerprint density at radius 1 is 1.22 bits per heavy atom. The third-order valence-electron chi connectivity index (χ3n) is 4.13. The lowest BCUT2D eigenvalue weighted by Crippen LogP contribution is -2.55. The van der Waals surface area contributed by atoms with Crippen LogP contribution in [0.25, 0.3) is 0 Å². The van der Waals surface area contributed by atoms with Crippen LogP contribution >= 0.6 is 0 Å². The molecule has 1 aromatic carbocycles. The Kier molecular flexibility index (Phi) is 4.45. The summed E-state index contributed by atoms with van der Waals surface area (Å²) in [6, 6.07) is 5.08. The van der Waals surface area contributed by atoms with Crippen molar-refractivity contribution in [3.63, 3.8) is 0 Å². The van der Waals surface area contributed by atoms with Crippen LogP contribution in [0.1, 0.15) is 6.42 Å². The summed E-state index contributed by atoms with van der Waals surface area (Å²) in [6.07, 6.45) is -3.72. The fraction of sp³-hybridized carbons (Fsp3) is 0.533. The quantitative estimate of drug-likeness (QED) is 0.920. The largest absolute Gasteiger partial charge is 0.573 e. The van der Waals surface area contributed by atoms with Crippen molar-refractivity contribution < 1.29 is 22.7 Å². The number of carbonyl (C=O) groups is 1. The van der Waals surface area contributed by atoms with Gasteiger partial charge in [0.25, 0.3) is 0 Å². The fourth-order valence-corrected chi connectivity index (χ4v) is 3.09. The number of rotatable bonds is 3. The third-order valence-corrected chi connectivity index (χ3v) is 4.13. The van der Waals surface area contributed by atoms with E-state index in [9.17, 15) is 18.0 Å². The summed E-state index contributed by atoms with van der Waals surface area (Å²) < 4.78 is 40.6. The van der Waals surface area contributed by atoms with Crippen LogP contribution < -0.4 is 10.1 Å². The SMILES string of the molecule is O=C(Nc1cccc(OC(F)(F)F)c1)[C@@H]1CN2CCCN1CC2. The summed E-state index contributed by atoms with van der Waals surface area (Å²) in [5.41, 5.74) is 0.299. The van der Waals surface area contributed by atoms with Crippen LogP contribution in [0.15, 0.2) is 24.3 Å². The number of nitrogens with zero attached hydrogens (tertiary/aromatic N) is 2. The number of halogens is 3. The van der Waals surface area contributed by atoms with Crippen LogP contribution in [-0.4, -0.2) is 60.8 Å². The van der Waals surface area contributed by atoms with Gasteiger partial charge >= 0.3 is 6.36 Å². The van der Waals surface area contributed by atoms with Crippen LogP contribution in [0.3, 0.4) is 0 Å². The predicted octanol–water partition coefficient (Wildman–Crippen LogP) is 1.91. The van der Waals surface area contributed by atoms with E-state index >= 15 is 0 Å². The molecule has 3 aliphatic heterocycles. The maximum Gasteiger partial charge on any atom is 0.573 e. The maximum atomic E-state index is 12.5. The summed E-state index contributed by atoms with van der Waals surface area (Å²) in [5.74, 6) is -0.539. The molecule has 3 heterocycles. The van der Waals surface area contributed by atoms with E-state index in [1.807, 2.05) is 0 Å². The molecule has 0 spiro atoms. The number of nitrogens with one attached hydrogen (secondary N) is 1. The van der Waals surface area contributed by atoms with Gasteiger partial charge in [0.1, 0.15) is 11.8 Å². The van der Waals surface area contributed by atoms with Crippen molar-refractivity contribution >= 4 is 11.6 Å². The molecule has 0 saturated carbocycles. The predicted molar refractivity (Wildman–Crippen MR) is 78.2 cm³/mol. The molecule has 1 N–H and O–H groups in total. The summed E-state index contributed by atoms with van der Waals surface area (Å²) in [4.78, 5) is 16.8. The van der Waals surface area contributed by atoms with Gasteiger partial charge in [-0.2, -0.15) is 0 Å². The van der Waals surface area contributed by atoms with Gasteiger partial charge in [-0.05, 0) is 25.1 Å². The Labute approximate surface area is 132 Å². The van der Waals surface area contributed by atoms with Crippen molar-refractivity contribution in [3.05, 3.63) is 24.3 Å². The van der Waals surface area contributed by atoms with E-state index in [1.165, 1.54) is 18.2 Å². The first-order valence-corrected chi connectivity index (χ1v) is 7.54. The number of carbonyl (C=O) groups excluding carboxylic acids is 1. The second kappa shape index (κ2) is 6.37. The Morgan fingerprint density at radius 2 is 2.04 bits per heavy atom. The molecule has 3 atom stereocenters. The van der Waals surface area contributed by atoms with Crippen molar-refractivity contribution in [1.29, 1.82) is 0 Å². The number of anilines is 1. The van der Waals surface area contributed by atoms with E-state index in [0.29, 0.717) is 12.2 Å². The minimum Gasteiger partial charge on any atom is -0.406 e. The normalized spacial score (nSPS) is 27.3. The number of alkyl halides is 3. The first-order valence-electron chi connectivity index (χ1n) is 7.54.